The van der Waals surface area contributed by atoms with E-state index in [1.807, 2.05) is 24.3 Å². The van der Waals surface area contributed by atoms with Crippen molar-refractivity contribution in [3.05, 3.63) is 35.4 Å². The molecule has 0 aliphatic rings. The van der Waals surface area contributed by atoms with E-state index in [4.69, 9.17) is 9.47 Å². The van der Waals surface area contributed by atoms with Crippen LogP contribution in [0.25, 0.3) is 0 Å². The molecule has 0 saturated carbocycles. The summed E-state index contributed by atoms with van der Waals surface area (Å²) < 4.78 is 22.7. The quantitative estimate of drug-likeness (QED) is 0.518. The molecule has 1 aromatic rings. The van der Waals surface area contributed by atoms with Crippen LogP contribution < -0.4 is 10.6 Å². The topological polar surface area (TPSA) is 89.0 Å². The molecular weight excluding hydrogens is 389 g/mol. The fourth-order valence-electron chi connectivity index (χ4n) is 2.36. The van der Waals surface area contributed by atoms with Crippen LogP contribution in [-0.2, 0) is 22.3 Å². The lowest BCUT2D eigenvalue weighted by Gasteiger charge is -2.21. The predicted molar refractivity (Wildman–Crippen MR) is 115 cm³/mol. The summed E-state index contributed by atoms with van der Waals surface area (Å²) in [5.41, 5.74) is 0.746. The number of benzene rings is 1. The van der Waals surface area contributed by atoms with Crippen molar-refractivity contribution in [3.8, 4) is 0 Å². The van der Waals surface area contributed by atoms with Gasteiger partial charge >= 0.3 is 12.2 Å². The number of alkyl halides is 1. The number of carbonyl (C=O) groups is 2. The zero-order chi connectivity index (χ0) is 22.8. The Kier molecular flexibility index (Phi) is 9.75. The smallest absolute Gasteiger partial charge is 0.437 e. The number of hydrogen-bond acceptors (Lipinski definition) is 4. The number of amides is 2. The van der Waals surface area contributed by atoms with Gasteiger partial charge in [0.05, 0.1) is 6.67 Å². The summed E-state index contributed by atoms with van der Waals surface area (Å²) in [5.74, 6) is -0.0435. The van der Waals surface area contributed by atoms with E-state index in [9.17, 15) is 14.0 Å². The molecule has 0 unspecified atom stereocenters. The van der Waals surface area contributed by atoms with E-state index in [-0.39, 0.29) is 12.6 Å². The zero-order valence-electron chi connectivity index (χ0n) is 18.8. The first kappa shape index (κ1) is 25.4. The number of nitrogens with one attached hydrogen (secondary N) is 2. The summed E-state index contributed by atoms with van der Waals surface area (Å²) >= 11 is 0. The number of rotatable bonds is 6. The monoisotopic (exact) mass is 423 g/mol. The summed E-state index contributed by atoms with van der Waals surface area (Å²) in [5, 5.41) is 5.39. The summed E-state index contributed by atoms with van der Waals surface area (Å²) in [6.45, 7) is 10.5. The first-order valence-electron chi connectivity index (χ1n) is 10.1. The number of ether oxygens (including phenoxy) is 2. The van der Waals surface area contributed by atoms with Gasteiger partial charge in [0, 0.05) is 6.54 Å². The standard InChI is InChI=1S/C22H34FN3O4/c1-21(2,3)29-19(27)25-18(26-20(28)30-22(4,5)6)24-15-13-17-11-9-16(10-12-17)8-7-14-23/h9-12H,7-8,13-15H2,1-6H3,(H2,24,25,26,27,28). The van der Waals surface area contributed by atoms with E-state index >= 15 is 0 Å². The average molecular weight is 424 g/mol. The molecule has 0 aliphatic heterocycles. The van der Waals surface area contributed by atoms with Gasteiger partial charge in [-0.25, -0.2) is 9.59 Å². The molecule has 2 N–H and O–H groups in total. The van der Waals surface area contributed by atoms with Crippen LogP contribution in [0, 0.1) is 0 Å². The third-order valence-corrected chi connectivity index (χ3v) is 3.54. The van der Waals surface area contributed by atoms with E-state index in [1.54, 1.807) is 41.5 Å². The number of hydrogen-bond donors (Lipinski definition) is 2. The molecule has 0 radical (unpaired) electrons. The van der Waals surface area contributed by atoms with Crippen molar-refractivity contribution in [1.82, 2.24) is 10.6 Å². The summed E-state index contributed by atoms with van der Waals surface area (Å²) in [6.07, 6.45) is 0.309. The summed E-state index contributed by atoms with van der Waals surface area (Å²) in [6, 6.07) is 7.89. The van der Waals surface area contributed by atoms with Crippen LogP contribution >= 0.6 is 0 Å². The highest BCUT2D eigenvalue weighted by molar-refractivity contribution is 5.98. The lowest BCUT2D eigenvalue weighted by Crippen LogP contribution is -2.44. The normalized spacial score (nSPS) is 12.3. The highest BCUT2D eigenvalue weighted by Gasteiger charge is 2.20. The molecule has 0 spiro atoms. The lowest BCUT2D eigenvalue weighted by molar-refractivity contribution is 0.0560. The Labute approximate surface area is 178 Å². The fraction of sp³-hybridized carbons (Fsp3) is 0.591. The summed E-state index contributed by atoms with van der Waals surface area (Å²) in [4.78, 5) is 27.9. The molecule has 0 fully saturated rings. The second-order valence-corrected chi connectivity index (χ2v) is 8.85. The van der Waals surface area contributed by atoms with Crippen molar-refractivity contribution in [2.24, 2.45) is 4.99 Å². The van der Waals surface area contributed by atoms with Crippen LogP contribution in [0.15, 0.2) is 29.3 Å². The van der Waals surface area contributed by atoms with Crippen molar-refractivity contribution >= 4 is 18.1 Å². The van der Waals surface area contributed by atoms with Gasteiger partial charge in [-0.1, -0.05) is 24.3 Å². The molecule has 1 rings (SSSR count). The molecule has 0 aliphatic carbocycles. The molecule has 0 saturated heterocycles. The first-order valence-corrected chi connectivity index (χ1v) is 10.1. The Bertz CT molecular complexity index is 719. The summed E-state index contributed by atoms with van der Waals surface area (Å²) in [7, 11) is 0. The van der Waals surface area contributed by atoms with Crippen molar-refractivity contribution in [1.29, 1.82) is 0 Å². The van der Waals surface area contributed by atoms with Gasteiger partial charge in [-0.05, 0) is 71.9 Å². The molecule has 0 atom stereocenters. The van der Waals surface area contributed by atoms with Gasteiger partial charge < -0.3 is 14.8 Å². The minimum absolute atomic E-state index is 0.0435. The predicted octanol–water partition coefficient (Wildman–Crippen LogP) is 4.54. The van der Waals surface area contributed by atoms with Crippen LogP contribution in [0.5, 0.6) is 0 Å². The van der Waals surface area contributed by atoms with E-state index in [0.29, 0.717) is 25.8 Å². The molecule has 0 heterocycles. The van der Waals surface area contributed by atoms with Gasteiger partial charge in [0.15, 0.2) is 0 Å². The molecule has 0 bridgehead atoms. The van der Waals surface area contributed by atoms with Gasteiger partial charge in [0.25, 0.3) is 0 Å². The average Bonchev–Trinajstić information content (AvgIpc) is 2.57. The second-order valence-electron chi connectivity index (χ2n) is 8.85. The Morgan fingerprint density at radius 1 is 0.933 bits per heavy atom. The maximum Gasteiger partial charge on any atom is 0.437 e. The SMILES string of the molecule is CC(C)(C)OC(=O)/N=C(/NCCc1ccc(CCCF)cc1)NC(=O)OC(C)(C)C. The van der Waals surface area contributed by atoms with Crippen molar-refractivity contribution in [3.63, 3.8) is 0 Å². The third-order valence-electron chi connectivity index (χ3n) is 3.54. The van der Waals surface area contributed by atoms with Gasteiger partial charge in [-0.2, -0.15) is 0 Å². The van der Waals surface area contributed by atoms with E-state index in [0.717, 1.165) is 11.1 Å². The Morgan fingerprint density at radius 2 is 1.47 bits per heavy atom. The molecule has 8 heteroatoms. The van der Waals surface area contributed by atoms with Gasteiger partial charge in [-0.15, -0.1) is 4.99 Å². The number of nitrogens with zero attached hydrogens (tertiary/aromatic N) is 1. The van der Waals surface area contributed by atoms with E-state index < -0.39 is 23.4 Å². The molecule has 0 aromatic heterocycles. The number of guanidine groups is 1. The zero-order valence-corrected chi connectivity index (χ0v) is 18.8. The maximum atomic E-state index is 12.3. The molecule has 30 heavy (non-hydrogen) atoms. The highest BCUT2D eigenvalue weighted by Crippen LogP contribution is 2.09. The van der Waals surface area contributed by atoms with Crippen LogP contribution in [0.2, 0.25) is 0 Å². The van der Waals surface area contributed by atoms with Crippen LogP contribution in [0.3, 0.4) is 0 Å². The van der Waals surface area contributed by atoms with E-state index in [1.165, 1.54) is 0 Å². The van der Waals surface area contributed by atoms with Gasteiger partial charge in [0.1, 0.15) is 11.2 Å². The number of carbonyl (C=O) groups excluding carboxylic acids is 2. The largest absolute Gasteiger partial charge is 0.444 e. The molecule has 1 aromatic carbocycles. The Morgan fingerprint density at radius 3 is 1.97 bits per heavy atom. The highest BCUT2D eigenvalue weighted by atomic mass is 19.1. The third kappa shape index (κ3) is 12.0. The molecule has 2 amide bonds. The first-order chi connectivity index (χ1) is 13.9. The van der Waals surface area contributed by atoms with Crippen LogP contribution in [-0.4, -0.2) is 42.6 Å². The van der Waals surface area contributed by atoms with Gasteiger partial charge in [0.2, 0.25) is 5.96 Å². The fourth-order valence-corrected chi connectivity index (χ4v) is 2.36. The minimum atomic E-state index is -0.821. The number of aliphatic imine (C=N–C) groups is 1. The van der Waals surface area contributed by atoms with Gasteiger partial charge in [-0.3, -0.25) is 9.71 Å². The Hall–Kier alpha value is -2.64. The lowest BCUT2D eigenvalue weighted by atomic mass is 10.1. The second kappa shape index (κ2) is 11.5. The van der Waals surface area contributed by atoms with Crippen LogP contribution in [0.1, 0.15) is 59.1 Å². The van der Waals surface area contributed by atoms with Crippen LogP contribution in [0.4, 0.5) is 14.0 Å². The van der Waals surface area contributed by atoms with Crippen molar-refractivity contribution in [2.75, 3.05) is 13.2 Å². The minimum Gasteiger partial charge on any atom is -0.444 e. The van der Waals surface area contributed by atoms with Crippen molar-refractivity contribution < 1.29 is 23.5 Å². The number of aryl methyl sites for hydroxylation is 1. The number of alkyl carbamates (subject to hydrolysis) is 1. The van der Waals surface area contributed by atoms with Crippen molar-refractivity contribution in [2.45, 2.75) is 72.0 Å². The molecule has 7 nitrogen and oxygen atoms in total. The molecular formula is C22H34FN3O4. The van der Waals surface area contributed by atoms with E-state index in [2.05, 4.69) is 15.6 Å². The Balaban J connectivity index is 2.72. The maximum absolute atomic E-state index is 12.3. The number of halogens is 1. The molecule has 168 valence electrons.